The van der Waals surface area contributed by atoms with Crippen molar-refractivity contribution in [3.63, 3.8) is 0 Å². The van der Waals surface area contributed by atoms with Gasteiger partial charge in [0.05, 0.1) is 11.1 Å². The summed E-state index contributed by atoms with van der Waals surface area (Å²) in [6.45, 7) is 1.19. The van der Waals surface area contributed by atoms with E-state index in [1.807, 2.05) is 0 Å². The standard InChI is InChI=1S/C17H21F3N2O2/c18-17(19,20)13-3-1-2-12(10-13)15(6-8-24-9-7-15)11-22-14(23)16(21)4-5-16/h1-3,10H,4-9,11,21H2,(H,22,23). The van der Waals surface area contributed by atoms with Crippen molar-refractivity contribution in [1.82, 2.24) is 5.32 Å². The van der Waals surface area contributed by atoms with Crippen LogP contribution in [0.4, 0.5) is 13.2 Å². The fraction of sp³-hybridized carbons (Fsp3) is 0.588. The molecule has 1 aliphatic carbocycles. The summed E-state index contributed by atoms with van der Waals surface area (Å²) in [6.07, 6.45) is -1.96. The molecule has 2 fully saturated rings. The summed E-state index contributed by atoms with van der Waals surface area (Å²) in [5.74, 6) is -0.222. The number of halogens is 3. The van der Waals surface area contributed by atoms with Crippen molar-refractivity contribution < 1.29 is 22.7 Å². The van der Waals surface area contributed by atoms with Crippen molar-refractivity contribution in [2.45, 2.75) is 42.8 Å². The summed E-state index contributed by atoms with van der Waals surface area (Å²) in [5, 5.41) is 2.85. The lowest BCUT2D eigenvalue weighted by atomic mass is 9.73. The first-order valence-corrected chi connectivity index (χ1v) is 8.08. The zero-order valence-corrected chi connectivity index (χ0v) is 13.3. The molecular formula is C17H21F3N2O2. The van der Waals surface area contributed by atoms with Crippen molar-refractivity contribution in [3.8, 4) is 0 Å². The Kier molecular flexibility index (Phi) is 4.34. The molecule has 0 unspecified atom stereocenters. The second-order valence-electron chi connectivity index (χ2n) is 6.81. The van der Waals surface area contributed by atoms with E-state index in [0.717, 1.165) is 6.07 Å². The van der Waals surface area contributed by atoms with Crippen LogP contribution in [-0.4, -0.2) is 31.2 Å². The molecule has 1 saturated carbocycles. The monoisotopic (exact) mass is 342 g/mol. The molecule has 0 radical (unpaired) electrons. The molecule has 1 aromatic rings. The fourth-order valence-electron chi connectivity index (χ4n) is 3.14. The molecule has 1 amide bonds. The Bertz CT molecular complexity index is 621. The third kappa shape index (κ3) is 3.42. The maximum absolute atomic E-state index is 13.0. The van der Waals surface area contributed by atoms with Crippen LogP contribution < -0.4 is 11.1 Å². The molecule has 2 aliphatic rings. The molecule has 3 N–H and O–H groups in total. The Morgan fingerprint density at radius 1 is 1.21 bits per heavy atom. The Hall–Kier alpha value is -1.60. The predicted octanol–water partition coefficient (Wildman–Crippen LogP) is 2.36. The van der Waals surface area contributed by atoms with E-state index in [2.05, 4.69) is 5.32 Å². The maximum Gasteiger partial charge on any atom is 0.416 e. The second kappa shape index (κ2) is 6.04. The van der Waals surface area contributed by atoms with Gasteiger partial charge in [0.2, 0.25) is 5.91 Å². The van der Waals surface area contributed by atoms with E-state index in [-0.39, 0.29) is 12.5 Å². The first kappa shape index (κ1) is 17.2. The number of amides is 1. The maximum atomic E-state index is 13.0. The van der Waals surface area contributed by atoms with E-state index in [0.29, 0.717) is 44.5 Å². The van der Waals surface area contributed by atoms with E-state index >= 15 is 0 Å². The van der Waals surface area contributed by atoms with E-state index in [9.17, 15) is 18.0 Å². The summed E-state index contributed by atoms with van der Waals surface area (Å²) < 4.78 is 44.5. The fourth-order valence-corrected chi connectivity index (χ4v) is 3.14. The number of ether oxygens (including phenoxy) is 1. The number of hydrogen-bond acceptors (Lipinski definition) is 3. The summed E-state index contributed by atoms with van der Waals surface area (Å²) >= 11 is 0. The minimum atomic E-state index is -4.39. The predicted molar refractivity (Wildman–Crippen MR) is 82.3 cm³/mol. The highest BCUT2D eigenvalue weighted by atomic mass is 19.4. The Morgan fingerprint density at radius 3 is 2.46 bits per heavy atom. The molecule has 1 aliphatic heterocycles. The van der Waals surface area contributed by atoms with Gasteiger partial charge < -0.3 is 15.8 Å². The van der Waals surface area contributed by atoms with Gasteiger partial charge in [-0.2, -0.15) is 13.2 Å². The highest BCUT2D eigenvalue weighted by molar-refractivity contribution is 5.89. The quantitative estimate of drug-likeness (QED) is 0.883. The van der Waals surface area contributed by atoms with E-state index in [4.69, 9.17) is 10.5 Å². The van der Waals surface area contributed by atoms with E-state index in [1.54, 1.807) is 6.07 Å². The highest BCUT2D eigenvalue weighted by Gasteiger charge is 2.47. The summed E-state index contributed by atoms with van der Waals surface area (Å²) in [7, 11) is 0. The number of rotatable bonds is 4. The third-order valence-corrected chi connectivity index (χ3v) is 5.08. The Balaban J connectivity index is 1.84. The normalized spacial score (nSPS) is 22.0. The van der Waals surface area contributed by atoms with Gasteiger partial charge in [-0.05, 0) is 37.3 Å². The Morgan fingerprint density at radius 2 is 1.88 bits per heavy atom. The molecule has 4 nitrogen and oxygen atoms in total. The summed E-state index contributed by atoms with van der Waals surface area (Å²) in [6, 6.07) is 5.37. The minimum absolute atomic E-state index is 0.222. The zero-order valence-electron chi connectivity index (χ0n) is 13.3. The van der Waals surface area contributed by atoms with Crippen LogP contribution in [0.25, 0.3) is 0 Å². The molecule has 0 spiro atoms. The number of hydrogen-bond donors (Lipinski definition) is 2. The van der Waals surface area contributed by atoms with Gasteiger partial charge in [0, 0.05) is 25.2 Å². The van der Waals surface area contributed by atoms with Crippen LogP contribution in [0.3, 0.4) is 0 Å². The van der Waals surface area contributed by atoms with Crippen LogP contribution in [0.2, 0.25) is 0 Å². The van der Waals surface area contributed by atoms with Gasteiger partial charge >= 0.3 is 6.18 Å². The largest absolute Gasteiger partial charge is 0.416 e. The number of carbonyl (C=O) groups excluding carboxylic acids is 1. The van der Waals surface area contributed by atoms with Crippen molar-refractivity contribution in [1.29, 1.82) is 0 Å². The molecule has 1 aromatic carbocycles. The molecule has 24 heavy (non-hydrogen) atoms. The van der Waals surface area contributed by atoms with Gasteiger partial charge in [-0.15, -0.1) is 0 Å². The third-order valence-electron chi connectivity index (χ3n) is 5.08. The van der Waals surface area contributed by atoms with Crippen LogP contribution in [0.15, 0.2) is 24.3 Å². The molecular weight excluding hydrogens is 321 g/mol. The van der Waals surface area contributed by atoms with Crippen LogP contribution in [0.1, 0.15) is 36.8 Å². The molecule has 0 aromatic heterocycles. The van der Waals surface area contributed by atoms with Crippen molar-refractivity contribution in [2.75, 3.05) is 19.8 Å². The van der Waals surface area contributed by atoms with Crippen LogP contribution in [-0.2, 0) is 21.1 Å². The van der Waals surface area contributed by atoms with Gasteiger partial charge in [0.25, 0.3) is 0 Å². The molecule has 0 bridgehead atoms. The first-order chi connectivity index (χ1) is 11.3. The SMILES string of the molecule is NC1(C(=O)NCC2(c3cccc(C(F)(F)F)c3)CCOCC2)CC1. The highest BCUT2D eigenvalue weighted by Crippen LogP contribution is 2.38. The number of benzene rings is 1. The zero-order chi connectivity index (χ0) is 17.4. The molecule has 1 saturated heterocycles. The molecule has 1 heterocycles. The lowest BCUT2D eigenvalue weighted by Gasteiger charge is -2.38. The minimum Gasteiger partial charge on any atom is -0.381 e. The topological polar surface area (TPSA) is 64.4 Å². The Labute approximate surface area is 138 Å². The molecule has 3 rings (SSSR count). The van der Waals surface area contributed by atoms with E-state index in [1.165, 1.54) is 12.1 Å². The number of carbonyl (C=O) groups is 1. The molecule has 132 valence electrons. The second-order valence-corrected chi connectivity index (χ2v) is 6.81. The number of alkyl halides is 3. The van der Waals surface area contributed by atoms with Crippen LogP contribution in [0.5, 0.6) is 0 Å². The summed E-state index contributed by atoms with van der Waals surface area (Å²) in [4.78, 5) is 12.1. The average molecular weight is 342 g/mol. The summed E-state index contributed by atoms with van der Waals surface area (Å²) in [5.41, 5.74) is 4.45. The lowest BCUT2D eigenvalue weighted by molar-refractivity contribution is -0.137. The van der Waals surface area contributed by atoms with Crippen molar-refractivity contribution >= 4 is 5.91 Å². The van der Waals surface area contributed by atoms with Crippen LogP contribution in [0, 0.1) is 0 Å². The first-order valence-electron chi connectivity index (χ1n) is 8.08. The van der Waals surface area contributed by atoms with Gasteiger partial charge in [-0.1, -0.05) is 18.2 Å². The van der Waals surface area contributed by atoms with E-state index < -0.39 is 22.7 Å². The molecule has 0 atom stereocenters. The van der Waals surface area contributed by atoms with Gasteiger partial charge in [0.15, 0.2) is 0 Å². The van der Waals surface area contributed by atoms with Crippen LogP contribution >= 0.6 is 0 Å². The number of nitrogens with one attached hydrogen (secondary N) is 1. The molecule has 7 heteroatoms. The smallest absolute Gasteiger partial charge is 0.381 e. The van der Waals surface area contributed by atoms with Crippen molar-refractivity contribution in [2.24, 2.45) is 5.73 Å². The number of nitrogens with two attached hydrogens (primary N) is 1. The average Bonchev–Trinajstić information content (AvgIpc) is 3.32. The van der Waals surface area contributed by atoms with Crippen molar-refractivity contribution in [3.05, 3.63) is 35.4 Å². The van der Waals surface area contributed by atoms with Gasteiger partial charge in [-0.25, -0.2) is 0 Å². The lowest BCUT2D eigenvalue weighted by Crippen LogP contribution is -2.50. The van der Waals surface area contributed by atoms with Gasteiger partial charge in [0.1, 0.15) is 0 Å². The van der Waals surface area contributed by atoms with Gasteiger partial charge in [-0.3, -0.25) is 4.79 Å².